The van der Waals surface area contributed by atoms with Gasteiger partial charge in [-0.25, -0.2) is 0 Å². The Bertz CT molecular complexity index is 394. The number of methoxy groups -OCH3 is 1. The zero-order chi connectivity index (χ0) is 12.5. The Labute approximate surface area is 102 Å². The highest BCUT2D eigenvalue weighted by atomic mass is 16.5. The molecule has 0 aliphatic heterocycles. The summed E-state index contributed by atoms with van der Waals surface area (Å²) in [6.45, 7) is 1.97. The van der Waals surface area contributed by atoms with Crippen molar-refractivity contribution in [1.29, 1.82) is 0 Å². The molecule has 1 aliphatic carbocycles. The standard InChI is InChI=1S/C14H20O3/c1-10-5-6-12(17-2)11(9-10)13(15)14(16)7-3-4-8-14/h5-6,9,13,15-16H,3-4,7-8H2,1-2H3. The fourth-order valence-electron chi connectivity index (χ4n) is 2.62. The summed E-state index contributed by atoms with van der Waals surface area (Å²) in [5.41, 5.74) is 0.763. The highest BCUT2D eigenvalue weighted by Gasteiger charge is 2.40. The fourth-order valence-corrected chi connectivity index (χ4v) is 2.62. The van der Waals surface area contributed by atoms with Gasteiger partial charge in [0.2, 0.25) is 0 Å². The van der Waals surface area contributed by atoms with Crippen molar-refractivity contribution in [2.75, 3.05) is 7.11 Å². The number of benzene rings is 1. The molecule has 1 unspecified atom stereocenters. The Morgan fingerprint density at radius 2 is 1.94 bits per heavy atom. The molecule has 17 heavy (non-hydrogen) atoms. The van der Waals surface area contributed by atoms with Gasteiger partial charge < -0.3 is 14.9 Å². The predicted octanol–water partition coefficient (Wildman–Crippen LogP) is 2.34. The van der Waals surface area contributed by atoms with Crippen molar-refractivity contribution < 1.29 is 14.9 Å². The molecular formula is C14H20O3. The van der Waals surface area contributed by atoms with Gasteiger partial charge in [0.05, 0.1) is 12.7 Å². The number of aliphatic hydroxyl groups excluding tert-OH is 1. The number of hydrogen-bond acceptors (Lipinski definition) is 3. The summed E-state index contributed by atoms with van der Waals surface area (Å²) in [7, 11) is 1.58. The summed E-state index contributed by atoms with van der Waals surface area (Å²) >= 11 is 0. The first kappa shape index (κ1) is 12.4. The quantitative estimate of drug-likeness (QED) is 0.847. The van der Waals surface area contributed by atoms with Crippen LogP contribution >= 0.6 is 0 Å². The van der Waals surface area contributed by atoms with Crippen molar-refractivity contribution >= 4 is 0 Å². The fraction of sp³-hybridized carbons (Fsp3) is 0.571. The van der Waals surface area contributed by atoms with Crippen molar-refractivity contribution in [2.45, 2.75) is 44.3 Å². The van der Waals surface area contributed by atoms with E-state index in [1.54, 1.807) is 7.11 Å². The van der Waals surface area contributed by atoms with E-state index in [4.69, 9.17) is 4.74 Å². The third-order valence-corrected chi connectivity index (χ3v) is 3.66. The molecule has 1 aromatic rings. The minimum Gasteiger partial charge on any atom is -0.496 e. The summed E-state index contributed by atoms with van der Waals surface area (Å²) in [5, 5.41) is 20.8. The molecule has 0 bridgehead atoms. The number of rotatable bonds is 3. The van der Waals surface area contributed by atoms with Gasteiger partial charge in [-0.2, -0.15) is 0 Å². The van der Waals surface area contributed by atoms with Crippen molar-refractivity contribution in [2.24, 2.45) is 0 Å². The predicted molar refractivity (Wildman–Crippen MR) is 66.1 cm³/mol. The summed E-state index contributed by atoms with van der Waals surface area (Å²) in [5.74, 6) is 0.642. The van der Waals surface area contributed by atoms with Crippen LogP contribution in [0.3, 0.4) is 0 Å². The molecule has 0 heterocycles. The van der Waals surface area contributed by atoms with Crippen LogP contribution in [0.15, 0.2) is 18.2 Å². The van der Waals surface area contributed by atoms with E-state index < -0.39 is 11.7 Å². The van der Waals surface area contributed by atoms with Crippen LogP contribution in [-0.2, 0) is 0 Å². The third kappa shape index (κ3) is 2.31. The summed E-state index contributed by atoms with van der Waals surface area (Å²) in [4.78, 5) is 0. The Morgan fingerprint density at radius 3 is 2.53 bits per heavy atom. The van der Waals surface area contributed by atoms with Crippen LogP contribution in [0.2, 0.25) is 0 Å². The Morgan fingerprint density at radius 1 is 1.29 bits per heavy atom. The van der Waals surface area contributed by atoms with Crippen LogP contribution in [0.25, 0.3) is 0 Å². The first-order chi connectivity index (χ1) is 8.07. The van der Waals surface area contributed by atoms with Gasteiger partial charge in [-0.15, -0.1) is 0 Å². The smallest absolute Gasteiger partial charge is 0.124 e. The lowest BCUT2D eigenvalue weighted by Gasteiger charge is -2.29. The lowest BCUT2D eigenvalue weighted by molar-refractivity contribution is -0.0727. The molecule has 2 rings (SSSR count). The van der Waals surface area contributed by atoms with Gasteiger partial charge in [0.25, 0.3) is 0 Å². The molecule has 0 aromatic heterocycles. The zero-order valence-electron chi connectivity index (χ0n) is 10.4. The van der Waals surface area contributed by atoms with E-state index in [1.807, 2.05) is 25.1 Å². The van der Waals surface area contributed by atoms with E-state index in [2.05, 4.69) is 0 Å². The number of hydrogen-bond donors (Lipinski definition) is 2. The molecular weight excluding hydrogens is 216 g/mol. The SMILES string of the molecule is COc1ccc(C)cc1C(O)C1(O)CCCC1. The van der Waals surface area contributed by atoms with Gasteiger partial charge in [-0.05, 0) is 31.9 Å². The maximum atomic E-state index is 10.4. The molecule has 0 radical (unpaired) electrons. The van der Waals surface area contributed by atoms with E-state index in [0.717, 1.165) is 18.4 Å². The normalized spacial score (nSPS) is 20.2. The molecule has 3 heteroatoms. The van der Waals surface area contributed by atoms with Crippen LogP contribution in [0, 0.1) is 6.92 Å². The maximum absolute atomic E-state index is 10.4. The molecule has 1 saturated carbocycles. The molecule has 0 amide bonds. The number of aryl methyl sites for hydroxylation is 1. The number of ether oxygens (including phenoxy) is 1. The van der Waals surface area contributed by atoms with Gasteiger partial charge in [0.15, 0.2) is 0 Å². The van der Waals surface area contributed by atoms with Gasteiger partial charge in [0, 0.05) is 5.56 Å². The molecule has 1 aromatic carbocycles. The summed E-state index contributed by atoms with van der Waals surface area (Å²) < 4.78 is 5.25. The van der Waals surface area contributed by atoms with E-state index >= 15 is 0 Å². The maximum Gasteiger partial charge on any atom is 0.124 e. The van der Waals surface area contributed by atoms with Gasteiger partial charge >= 0.3 is 0 Å². The van der Waals surface area contributed by atoms with Crippen molar-refractivity contribution in [3.8, 4) is 5.75 Å². The third-order valence-electron chi connectivity index (χ3n) is 3.66. The minimum absolute atomic E-state index is 0.642. The van der Waals surface area contributed by atoms with Crippen LogP contribution in [-0.4, -0.2) is 22.9 Å². The van der Waals surface area contributed by atoms with Crippen molar-refractivity contribution in [1.82, 2.24) is 0 Å². The molecule has 1 aliphatic rings. The van der Waals surface area contributed by atoms with Crippen molar-refractivity contribution in [3.63, 3.8) is 0 Å². The second kappa shape index (κ2) is 4.67. The summed E-state index contributed by atoms with van der Waals surface area (Å²) in [6, 6.07) is 5.67. The zero-order valence-corrected chi connectivity index (χ0v) is 10.4. The lowest BCUT2D eigenvalue weighted by Crippen LogP contribution is -2.33. The van der Waals surface area contributed by atoms with Crippen LogP contribution < -0.4 is 4.74 Å². The average molecular weight is 236 g/mol. The van der Waals surface area contributed by atoms with Gasteiger partial charge in [0.1, 0.15) is 11.9 Å². The van der Waals surface area contributed by atoms with Crippen LogP contribution in [0.1, 0.15) is 42.9 Å². The second-order valence-corrected chi connectivity index (χ2v) is 4.96. The molecule has 94 valence electrons. The van der Waals surface area contributed by atoms with Crippen LogP contribution in [0.5, 0.6) is 5.75 Å². The van der Waals surface area contributed by atoms with E-state index in [1.165, 1.54) is 0 Å². The molecule has 0 spiro atoms. The largest absolute Gasteiger partial charge is 0.496 e. The monoisotopic (exact) mass is 236 g/mol. The van der Waals surface area contributed by atoms with Crippen molar-refractivity contribution in [3.05, 3.63) is 29.3 Å². The van der Waals surface area contributed by atoms with E-state index in [0.29, 0.717) is 24.2 Å². The van der Waals surface area contributed by atoms with Gasteiger partial charge in [-0.3, -0.25) is 0 Å². The lowest BCUT2D eigenvalue weighted by atomic mass is 9.88. The highest BCUT2D eigenvalue weighted by molar-refractivity contribution is 5.39. The molecule has 1 atom stereocenters. The van der Waals surface area contributed by atoms with E-state index in [-0.39, 0.29) is 0 Å². The first-order valence-corrected chi connectivity index (χ1v) is 6.12. The minimum atomic E-state index is -0.985. The summed E-state index contributed by atoms with van der Waals surface area (Å²) in [6.07, 6.45) is 2.40. The molecule has 2 N–H and O–H groups in total. The van der Waals surface area contributed by atoms with E-state index in [9.17, 15) is 10.2 Å². The topological polar surface area (TPSA) is 49.7 Å². The van der Waals surface area contributed by atoms with Crippen LogP contribution in [0.4, 0.5) is 0 Å². The number of aliphatic hydroxyl groups is 2. The molecule has 0 saturated heterocycles. The second-order valence-electron chi connectivity index (χ2n) is 4.96. The Balaban J connectivity index is 2.35. The Hall–Kier alpha value is -1.06. The molecule has 3 nitrogen and oxygen atoms in total. The average Bonchev–Trinajstić information content (AvgIpc) is 2.76. The molecule has 1 fully saturated rings. The first-order valence-electron chi connectivity index (χ1n) is 6.12. The van der Waals surface area contributed by atoms with Gasteiger partial charge in [-0.1, -0.05) is 24.5 Å². The Kier molecular flexibility index (Phi) is 3.40. The highest BCUT2D eigenvalue weighted by Crippen LogP contribution is 2.42.